The zero-order chi connectivity index (χ0) is 22.1. The lowest BCUT2D eigenvalue weighted by Crippen LogP contribution is -2.21. The molecular weight excluding hydrogens is 394 g/mol. The van der Waals surface area contributed by atoms with Gasteiger partial charge in [0.2, 0.25) is 5.75 Å². The van der Waals surface area contributed by atoms with Crippen LogP contribution in [0.15, 0.2) is 51.7 Å². The van der Waals surface area contributed by atoms with Gasteiger partial charge in [0.1, 0.15) is 5.76 Å². The molecule has 1 aromatic heterocycles. The van der Waals surface area contributed by atoms with E-state index in [1.54, 1.807) is 0 Å². The van der Waals surface area contributed by atoms with Gasteiger partial charge in [-0.15, -0.1) is 0 Å². The molecule has 0 radical (unpaired) electrons. The van der Waals surface area contributed by atoms with Gasteiger partial charge in [-0.05, 0) is 63.1 Å². The van der Waals surface area contributed by atoms with Crippen molar-refractivity contribution in [3.8, 4) is 22.8 Å². The highest BCUT2D eigenvalue weighted by Gasteiger charge is 2.14. The van der Waals surface area contributed by atoms with Crippen molar-refractivity contribution in [3.05, 3.63) is 58.3 Å². The second kappa shape index (κ2) is 11.5. The number of hydrogen-bond acceptors (Lipinski definition) is 7. The molecule has 0 aliphatic heterocycles. The summed E-state index contributed by atoms with van der Waals surface area (Å²) in [5.74, 6) is 0.526. The Labute approximate surface area is 182 Å². The number of rotatable bonds is 12. The molecule has 0 unspecified atom stereocenters. The van der Waals surface area contributed by atoms with Gasteiger partial charge >= 0.3 is 0 Å². The van der Waals surface area contributed by atoms with Crippen LogP contribution in [0, 0.1) is 0 Å². The lowest BCUT2D eigenvalue weighted by molar-refractivity contribution is 0.371. The first-order valence-corrected chi connectivity index (χ1v) is 10.7. The fourth-order valence-corrected chi connectivity index (χ4v) is 3.40. The maximum Gasteiger partial charge on any atom is 0.204 e. The average Bonchev–Trinajstić information content (AvgIpc) is 2.78. The first kappa shape index (κ1) is 22.8. The van der Waals surface area contributed by atoms with Crippen molar-refractivity contribution in [1.82, 2.24) is 10.6 Å². The maximum absolute atomic E-state index is 12.5. The smallest absolute Gasteiger partial charge is 0.204 e. The Hall–Kier alpha value is -2.87. The van der Waals surface area contributed by atoms with Crippen molar-refractivity contribution in [3.63, 3.8) is 0 Å². The third-order valence-electron chi connectivity index (χ3n) is 5.12. The molecule has 5 N–H and O–H groups in total. The van der Waals surface area contributed by atoms with Crippen LogP contribution in [0.3, 0.4) is 0 Å². The molecule has 0 aliphatic rings. The Balaban J connectivity index is 1.58. The van der Waals surface area contributed by atoms with Crippen molar-refractivity contribution in [2.75, 3.05) is 33.3 Å². The van der Waals surface area contributed by atoms with Gasteiger partial charge in [-0.25, -0.2) is 0 Å². The van der Waals surface area contributed by atoms with E-state index in [4.69, 9.17) is 14.9 Å². The zero-order valence-corrected chi connectivity index (χ0v) is 17.9. The molecule has 0 spiro atoms. The van der Waals surface area contributed by atoms with E-state index in [1.807, 2.05) is 24.3 Å². The van der Waals surface area contributed by atoms with Crippen molar-refractivity contribution < 1.29 is 14.3 Å². The molecule has 0 atom stereocenters. The highest BCUT2D eigenvalue weighted by molar-refractivity contribution is 5.86. The zero-order valence-electron chi connectivity index (χ0n) is 17.9. The fraction of sp³-hybridized carbons (Fsp3) is 0.375. The lowest BCUT2D eigenvalue weighted by Gasteiger charge is -2.09. The second-order valence-corrected chi connectivity index (χ2v) is 7.44. The Kier molecular flexibility index (Phi) is 8.46. The molecule has 166 valence electrons. The Bertz CT molecular complexity index is 1030. The van der Waals surface area contributed by atoms with Crippen LogP contribution in [-0.2, 0) is 6.54 Å². The van der Waals surface area contributed by atoms with E-state index >= 15 is 0 Å². The maximum atomic E-state index is 12.5. The summed E-state index contributed by atoms with van der Waals surface area (Å²) < 4.78 is 11.1. The van der Waals surface area contributed by atoms with E-state index < -0.39 is 0 Å². The van der Waals surface area contributed by atoms with Crippen LogP contribution in [-0.4, -0.2) is 38.4 Å². The van der Waals surface area contributed by atoms with Crippen LogP contribution >= 0.6 is 0 Å². The lowest BCUT2D eigenvalue weighted by atomic mass is 10.1. The predicted octanol–water partition coefficient (Wildman–Crippen LogP) is 2.98. The summed E-state index contributed by atoms with van der Waals surface area (Å²) in [6.07, 6.45) is 3.27. The number of unbranched alkanes of at least 4 members (excludes halogenated alkanes) is 1. The Morgan fingerprint density at radius 1 is 1.00 bits per heavy atom. The Morgan fingerprint density at radius 2 is 1.71 bits per heavy atom. The van der Waals surface area contributed by atoms with Crippen LogP contribution in [0.1, 0.15) is 24.8 Å². The van der Waals surface area contributed by atoms with Gasteiger partial charge in [-0.2, -0.15) is 0 Å². The molecule has 7 nitrogen and oxygen atoms in total. The summed E-state index contributed by atoms with van der Waals surface area (Å²) in [6, 6.07) is 12.3. The van der Waals surface area contributed by atoms with Crippen LogP contribution in [0.5, 0.6) is 11.5 Å². The third kappa shape index (κ3) is 6.07. The number of benzene rings is 2. The monoisotopic (exact) mass is 425 g/mol. The molecule has 0 saturated heterocycles. The number of methoxy groups -OCH3 is 1. The van der Waals surface area contributed by atoms with Gasteiger partial charge in [-0.3, -0.25) is 4.79 Å². The summed E-state index contributed by atoms with van der Waals surface area (Å²) in [7, 11) is 1.43. The van der Waals surface area contributed by atoms with Gasteiger partial charge in [-0.1, -0.05) is 24.3 Å². The molecule has 1 heterocycles. The van der Waals surface area contributed by atoms with Crippen molar-refractivity contribution in [1.29, 1.82) is 0 Å². The molecule has 0 saturated carbocycles. The largest absolute Gasteiger partial charge is 0.504 e. The summed E-state index contributed by atoms with van der Waals surface area (Å²) >= 11 is 0. The van der Waals surface area contributed by atoms with Crippen molar-refractivity contribution in [2.45, 2.75) is 25.8 Å². The fourth-order valence-electron chi connectivity index (χ4n) is 3.40. The van der Waals surface area contributed by atoms with Crippen molar-refractivity contribution in [2.24, 2.45) is 5.73 Å². The number of fused-ring (bicyclic) bond motifs is 1. The van der Waals surface area contributed by atoms with E-state index in [0.29, 0.717) is 11.1 Å². The van der Waals surface area contributed by atoms with Gasteiger partial charge < -0.3 is 30.6 Å². The molecule has 0 fully saturated rings. The number of hydrogen-bond donors (Lipinski definition) is 4. The second-order valence-electron chi connectivity index (χ2n) is 7.44. The quantitative estimate of drug-likeness (QED) is 0.330. The van der Waals surface area contributed by atoms with Gasteiger partial charge in [0.25, 0.3) is 0 Å². The van der Waals surface area contributed by atoms with Crippen LogP contribution < -0.4 is 26.5 Å². The summed E-state index contributed by atoms with van der Waals surface area (Å²) in [6.45, 7) is 4.49. The van der Waals surface area contributed by atoms with Gasteiger partial charge in [0, 0.05) is 18.2 Å². The molecule has 0 aliphatic carbocycles. The Morgan fingerprint density at radius 3 is 2.42 bits per heavy atom. The van der Waals surface area contributed by atoms with Crippen LogP contribution in [0.2, 0.25) is 0 Å². The molecule has 2 aromatic carbocycles. The number of nitrogens with two attached hydrogens (primary N) is 1. The van der Waals surface area contributed by atoms with E-state index in [2.05, 4.69) is 10.6 Å². The van der Waals surface area contributed by atoms with E-state index in [0.717, 1.165) is 63.1 Å². The van der Waals surface area contributed by atoms with E-state index in [1.165, 1.54) is 25.3 Å². The third-order valence-corrected chi connectivity index (χ3v) is 5.12. The minimum atomic E-state index is -0.183. The predicted molar refractivity (Wildman–Crippen MR) is 124 cm³/mol. The minimum Gasteiger partial charge on any atom is -0.504 e. The first-order valence-electron chi connectivity index (χ1n) is 10.7. The molecule has 0 bridgehead atoms. The number of ether oxygens (including phenoxy) is 1. The number of phenols is 1. The van der Waals surface area contributed by atoms with Gasteiger partial charge in [0.05, 0.1) is 12.5 Å². The number of nitrogens with one attached hydrogen (secondary N) is 2. The number of aromatic hydroxyl groups is 1. The highest BCUT2D eigenvalue weighted by atomic mass is 16.5. The minimum absolute atomic E-state index is 0.0666. The molecule has 0 amide bonds. The standard InChI is InChI=1S/C24H31N3O4/c1-30-24-20(28)10-9-19-21(29)15-22(31-23(19)24)18-7-5-17(6-8-18)16-27-13-3-2-12-26-14-4-11-25/h5-10,15,26-28H,2-4,11-14,16,25H2,1H3. The summed E-state index contributed by atoms with van der Waals surface area (Å²) in [4.78, 5) is 12.5. The molecule has 7 heteroatoms. The summed E-state index contributed by atoms with van der Waals surface area (Å²) in [5.41, 5.74) is 7.47. The van der Waals surface area contributed by atoms with Crippen LogP contribution in [0.25, 0.3) is 22.3 Å². The van der Waals surface area contributed by atoms with Crippen LogP contribution in [0.4, 0.5) is 0 Å². The molecule has 31 heavy (non-hydrogen) atoms. The molecule has 3 aromatic rings. The first-order chi connectivity index (χ1) is 15.1. The molecular formula is C24H31N3O4. The SMILES string of the molecule is COc1c(O)ccc2c(=O)cc(-c3ccc(CNCCCCNCCCN)cc3)oc12. The summed E-state index contributed by atoms with van der Waals surface area (Å²) in [5, 5.41) is 17.2. The van der Waals surface area contributed by atoms with Gasteiger partial charge in [0.15, 0.2) is 16.8 Å². The normalized spacial score (nSPS) is 11.2. The highest BCUT2D eigenvalue weighted by Crippen LogP contribution is 2.35. The van der Waals surface area contributed by atoms with E-state index in [-0.39, 0.29) is 22.5 Å². The average molecular weight is 426 g/mol. The van der Waals surface area contributed by atoms with Crippen molar-refractivity contribution >= 4 is 11.0 Å². The topological polar surface area (TPSA) is 110 Å². The molecule has 3 rings (SSSR count). The van der Waals surface area contributed by atoms with E-state index in [9.17, 15) is 9.90 Å². The number of phenolic OH excluding ortho intramolecular Hbond substituents is 1.